The van der Waals surface area contributed by atoms with Crippen molar-refractivity contribution >= 4 is 17.6 Å². The van der Waals surface area contributed by atoms with E-state index in [0.29, 0.717) is 24.6 Å². The minimum Gasteiger partial charge on any atom is -0.481 e. The smallest absolute Gasteiger partial charge is 0.481 e. The van der Waals surface area contributed by atoms with Gasteiger partial charge in [0.05, 0.1) is 11.8 Å². The van der Waals surface area contributed by atoms with Gasteiger partial charge < -0.3 is 20.5 Å². The van der Waals surface area contributed by atoms with E-state index in [2.05, 4.69) is 15.4 Å². The van der Waals surface area contributed by atoms with Crippen LogP contribution in [0.15, 0.2) is 24.3 Å². The summed E-state index contributed by atoms with van der Waals surface area (Å²) in [6.45, 7) is 3.68. The van der Waals surface area contributed by atoms with Crippen molar-refractivity contribution in [3.63, 3.8) is 0 Å². The fourth-order valence-corrected chi connectivity index (χ4v) is 3.76. The summed E-state index contributed by atoms with van der Waals surface area (Å²) in [6.07, 6.45) is 0.125. The van der Waals surface area contributed by atoms with Gasteiger partial charge in [-0.25, -0.2) is 0 Å². The van der Waals surface area contributed by atoms with Crippen LogP contribution in [0.3, 0.4) is 0 Å². The van der Waals surface area contributed by atoms with Gasteiger partial charge in [0.1, 0.15) is 5.75 Å². The molecule has 1 fully saturated rings. The molecule has 1 aromatic carbocycles. The normalized spacial score (nSPS) is 17.8. The fraction of sp³-hybridized carbons (Fsp3) is 0.619. The number of carboxylic acid groups (broad SMARTS) is 1. The largest absolute Gasteiger partial charge is 0.573 e. The summed E-state index contributed by atoms with van der Waals surface area (Å²) in [7, 11) is 0. The van der Waals surface area contributed by atoms with Crippen molar-refractivity contribution in [2.45, 2.75) is 58.4 Å². The van der Waals surface area contributed by atoms with Crippen LogP contribution in [0.4, 0.5) is 18.9 Å². The van der Waals surface area contributed by atoms with Crippen LogP contribution in [0.5, 0.6) is 5.75 Å². The maximum atomic E-state index is 12.8. The molecule has 1 aromatic rings. The molecule has 0 heterocycles. The molecule has 0 saturated heterocycles. The first-order valence-corrected chi connectivity index (χ1v) is 10.2. The zero-order valence-corrected chi connectivity index (χ0v) is 17.2. The quantitative estimate of drug-likeness (QED) is 0.512. The van der Waals surface area contributed by atoms with E-state index in [9.17, 15) is 27.9 Å². The average Bonchev–Trinajstić information content (AvgIpc) is 3.17. The van der Waals surface area contributed by atoms with Gasteiger partial charge in [-0.05, 0) is 43.5 Å². The number of carboxylic acids is 1. The molecule has 9 heteroatoms. The Labute approximate surface area is 174 Å². The number of nitrogens with one attached hydrogen (secondary N) is 2. The number of anilines is 1. The lowest BCUT2D eigenvalue weighted by Crippen LogP contribution is -2.44. The second-order valence-corrected chi connectivity index (χ2v) is 7.98. The molecule has 0 radical (unpaired) electrons. The van der Waals surface area contributed by atoms with Gasteiger partial charge in [0.25, 0.3) is 0 Å². The van der Waals surface area contributed by atoms with Gasteiger partial charge in [-0.3, -0.25) is 9.59 Å². The zero-order chi connectivity index (χ0) is 22.3. The highest BCUT2D eigenvalue weighted by molar-refractivity contribution is 5.84. The van der Waals surface area contributed by atoms with E-state index in [1.165, 1.54) is 24.3 Å². The van der Waals surface area contributed by atoms with Gasteiger partial charge in [0.15, 0.2) is 0 Å². The highest BCUT2D eigenvalue weighted by Crippen LogP contribution is 2.33. The first-order valence-electron chi connectivity index (χ1n) is 10.2. The predicted molar refractivity (Wildman–Crippen MR) is 106 cm³/mol. The Bertz CT molecular complexity index is 703. The Morgan fingerprint density at radius 3 is 2.30 bits per heavy atom. The minimum absolute atomic E-state index is 0.278. The Kier molecular flexibility index (Phi) is 8.37. The lowest BCUT2D eigenvalue weighted by atomic mass is 9.84. The zero-order valence-electron chi connectivity index (χ0n) is 17.2. The van der Waals surface area contributed by atoms with Gasteiger partial charge >= 0.3 is 12.3 Å². The van der Waals surface area contributed by atoms with Gasteiger partial charge in [0, 0.05) is 18.3 Å². The maximum absolute atomic E-state index is 12.8. The molecule has 1 aliphatic rings. The number of ether oxygens (including phenoxy) is 1. The SMILES string of the molecule is CC(CNc1ccc(OC(F)(F)F)cc1)NC(=O)C(CC1CCCC1)C(C)C(=O)O. The maximum Gasteiger partial charge on any atom is 0.573 e. The summed E-state index contributed by atoms with van der Waals surface area (Å²) in [5.74, 6) is -2.56. The Hall–Kier alpha value is -2.45. The van der Waals surface area contributed by atoms with Crippen LogP contribution in [0.25, 0.3) is 0 Å². The van der Waals surface area contributed by atoms with Crippen molar-refractivity contribution < 1.29 is 32.6 Å². The highest BCUT2D eigenvalue weighted by Gasteiger charge is 2.34. The second-order valence-electron chi connectivity index (χ2n) is 7.98. The molecule has 30 heavy (non-hydrogen) atoms. The van der Waals surface area contributed by atoms with Crippen molar-refractivity contribution in [1.29, 1.82) is 0 Å². The minimum atomic E-state index is -4.74. The molecule has 168 valence electrons. The van der Waals surface area contributed by atoms with E-state index < -0.39 is 24.2 Å². The third-order valence-electron chi connectivity index (χ3n) is 5.48. The number of benzene rings is 1. The van der Waals surface area contributed by atoms with Crippen LogP contribution in [-0.4, -0.2) is 35.9 Å². The number of halogens is 3. The Balaban J connectivity index is 1.87. The summed E-state index contributed by atoms with van der Waals surface area (Å²) in [5.41, 5.74) is 0.576. The van der Waals surface area contributed by atoms with Gasteiger partial charge in [-0.1, -0.05) is 32.6 Å². The lowest BCUT2D eigenvalue weighted by molar-refractivity contribution is -0.274. The first-order chi connectivity index (χ1) is 14.0. The number of hydrogen-bond donors (Lipinski definition) is 3. The molecular formula is C21H29F3N2O4. The molecule has 2 rings (SSSR count). The molecule has 1 amide bonds. The number of aliphatic carboxylic acids is 1. The second kappa shape index (κ2) is 10.5. The lowest BCUT2D eigenvalue weighted by Gasteiger charge is -2.25. The molecule has 6 nitrogen and oxygen atoms in total. The number of carbonyl (C=O) groups excluding carboxylic acids is 1. The van der Waals surface area contributed by atoms with E-state index in [1.54, 1.807) is 13.8 Å². The third kappa shape index (κ3) is 7.76. The predicted octanol–water partition coefficient (Wildman–Crippen LogP) is 4.42. The highest BCUT2D eigenvalue weighted by atomic mass is 19.4. The van der Waals surface area contributed by atoms with Gasteiger partial charge in [-0.15, -0.1) is 13.2 Å². The average molecular weight is 430 g/mol. The van der Waals surface area contributed by atoms with Crippen molar-refractivity contribution in [3.05, 3.63) is 24.3 Å². The van der Waals surface area contributed by atoms with E-state index in [0.717, 1.165) is 25.7 Å². The number of carbonyl (C=O) groups is 2. The standard InChI is InChI=1S/C21H29F3N2O4/c1-13(12-25-16-7-9-17(10-8-16)30-21(22,23)24)26-19(27)18(14(2)20(28)29)11-15-5-3-4-6-15/h7-10,13-15,18,25H,3-6,11-12H2,1-2H3,(H,26,27)(H,28,29). The van der Waals surface area contributed by atoms with Crippen molar-refractivity contribution in [3.8, 4) is 5.75 Å². The van der Waals surface area contributed by atoms with Crippen molar-refractivity contribution in [1.82, 2.24) is 5.32 Å². The van der Waals surface area contributed by atoms with Crippen LogP contribution in [0.2, 0.25) is 0 Å². The molecule has 1 aliphatic carbocycles. The molecule has 3 atom stereocenters. The molecule has 0 bridgehead atoms. The Morgan fingerprint density at radius 2 is 1.77 bits per heavy atom. The molecular weight excluding hydrogens is 401 g/mol. The molecule has 0 aromatic heterocycles. The first kappa shape index (κ1) is 23.8. The van der Waals surface area contributed by atoms with E-state index in [-0.39, 0.29) is 17.7 Å². The van der Waals surface area contributed by atoms with Crippen LogP contribution in [0.1, 0.15) is 46.0 Å². The van der Waals surface area contributed by atoms with Crippen molar-refractivity contribution in [2.75, 3.05) is 11.9 Å². The third-order valence-corrected chi connectivity index (χ3v) is 5.48. The van der Waals surface area contributed by atoms with Gasteiger partial charge in [-0.2, -0.15) is 0 Å². The van der Waals surface area contributed by atoms with E-state index >= 15 is 0 Å². The topological polar surface area (TPSA) is 87.7 Å². The van der Waals surface area contributed by atoms with Crippen LogP contribution in [-0.2, 0) is 9.59 Å². The van der Waals surface area contributed by atoms with Crippen LogP contribution < -0.4 is 15.4 Å². The molecule has 3 N–H and O–H groups in total. The number of hydrogen-bond acceptors (Lipinski definition) is 4. The van der Waals surface area contributed by atoms with E-state index in [4.69, 9.17) is 0 Å². The summed E-state index contributed by atoms with van der Waals surface area (Å²) in [4.78, 5) is 24.2. The molecule has 1 saturated carbocycles. The van der Waals surface area contributed by atoms with Gasteiger partial charge in [0.2, 0.25) is 5.91 Å². The van der Waals surface area contributed by atoms with E-state index in [1.807, 2.05) is 0 Å². The number of alkyl halides is 3. The molecule has 0 spiro atoms. The molecule has 3 unspecified atom stereocenters. The molecule has 0 aliphatic heterocycles. The summed E-state index contributed by atoms with van der Waals surface area (Å²) < 4.78 is 40.4. The fourth-order valence-electron chi connectivity index (χ4n) is 3.76. The number of amides is 1. The van der Waals surface area contributed by atoms with Crippen molar-refractivity contribution in [2.24, 2.45) is 17.8 Å². The number of rotatable bonds is 10. The van der Waals surface area contributed by atoms with Crippen LogP contribution in [0, 0.1) is 17.8 Å². The summed E-state index contributed by atoms with van der Waals surface area (Å²) >= 11 is 0. The monoisotopic (exact) mass is 430 g/mol. The summed E-state index contributed by atoms with van der Waals surface area (Å²) in [6, 6.07) is 5.00. The van der Waals surface area contributed by atoms with Crippen LogP contribution >= 0.6 is 0 Å². The Morgan fingerprint density at radius 1 is 1.17 bits per heavy atom. The summed E-state index contributed by atoms with van der Waals surface area (Å²) in [5, 5.41) is 15.3.